The first-order valence-corrected chi connectivity index (χ1v) is 9.37. The van der Waals surface area contributed by atoms with Crippen molar-refractivity contribution in [2.24, 2.45) is 0 Å². The normalized spacial score (nSPS) is 17.6. The molecule has 1 N–H and O–H groups in total. The maximum absolute atomic E-state index is 12.5. The van der Waals surface area contributed by atoms with Crippen LogP contribution in [0.4, 0.5) is 18.9 Å². The number of alkyl halides is 3. The molecule has 12 heteroatoms. The molecule has 2 aromatic rings. The van der Waals surface area contributed by atoms with Crippen LogP contribution in [-0.2, 0) is 14.9 Å². The summed E-state index contributed by atoms with van der Waals surface area (Å²) in [5.74, 6) is -1.27. The van der Waals surface area contributed by atoms with Gasteiger partial charge in [0.2, 0.25) is 0 Å². The molecule has 0 spiro atoms. The average Bonchev–Trinajstić information content (AvgIpc) is 3.05. The Morgan fingerprint density at radius 2 is 2.04 bits per heavy atom. The maximum atomic E-state index is 12.5. The van der Waals surface area contributed by atoms with Gasteiger partial charge in [0, 0.05) is 18.1 Å². The van der Waals surface area contributed by atoms with E-state index in [1.54, 1.807) is 0 Å². The lowest BCUT2D eigenvalue weighted by Gasteiger charge is -2.17. The SMILES string of the molecule is CC(=O)c1c(NC2CCOC2)c2ccc(OS(=O)(=O)C(F)(F)F)cc2oc1=O. The van der Waals surface area contributed by atoms with Crippen molar-refractivity contribution >= 4 is 32.6 Å². The van der Waals surface area contributed by atoms with Crippen LogP contribution >= 0.6 is 0 Å². The van der Waals surface area contributed by atoms with Gasteiger partial charge in [-0.05, 0) is 25.5 Å². The molecule has 1 unspecified atom stereocenters. The van der Waals surface area contributed by atoms with Gasteiger partial charge in [0.1, 0.15) is 16.9 Å². The van der Waals surface area contributed by atoms with E-state index in [-0.39, 0.29) is 28.3 Å². The lowest BCUT2D eigenvalue weighted by Crippen LogP contribution is -2.28. The van der Waals surface area contributed by atoms with Gasteiger partial charge >= 0.3 is 21.3 Å². The molecule has 2 heterocycles. The van der Waals surface area contributed by atoms with E-state index in [4.69, 9.17) is 9.15 Å². The number of ketones is 1. The van der Waals surface area contributed by atoms with Gasteiger partial charge in [-0.25, -0.2) is 4.79 Å². The van der Waals surface area contributed by atoms with Crippen LogP contribution in [0.5, 0.6) is 5.75 Å². The van der Waals surface area contributed by atoms with E-state index < -0.39 is 32.8 Å². The zero-order valence-corrected chi connectivity index (χ0v) is 15.1. The van der Waals surface area contributed by atoms with E-state index >= 15 is 0 Å². The van der Waals surface area contributed by atoms with Crippen LogP contribution in [0.15, 0.2) is 27.4 Å². The van der Waals surface area contributed by atoms with E-state index in [9.17, 15) is 31.2 Å². The molecule has 0 amide bonds. The topological polar surface area (TPSA) is 112 Å². The molecule has 1 aliphatic heterocycles. The number of nitrogens with one attached hydrogen (secondary N) is 1. The Bertz CT molecular complexity index is 1090. The Morgan fingerprint density at radius 1 is 1.32 bits per heavy atom. The van der Waals surface area contributed by atoms with Crippen LogP contribution in [0.2, 0.25) is 0 Å². The highest BCUT2D eigenvalue weighted by atomic mass is 32.2. The van der Waals surface area contributed by atoms with E-state index in [1.165, 1.54) is 13.0 Å². The van der Waals surface area contributed by atoms with Gasteiger partial charge in [-0.15, -0.1) is 0 Å². The fraction of sp³-hybridized carbons (Fsp3) is 0.375. The number of carbonyl (C=O) groups excluding carboxylic acids is 1. The van der Waals surface area contributed by atoms with Gasteiger partial charge in [0.15, 0.2) is 5.78 Å². The first kappa shape index (κ1) is 20.1. The Hall–Kier alpha value is -2.60. The van der Waals surface area contributed by atoms with Crippen molar-refractivity contribution in [3.63, 3.8) is 0 Å². The summed E-state index contributed by atoms with van der Waals surface area (Å²) < 4.78 is 74.0. The van der Waals surface area contributed by atoms with Crippen molar-refractivity contribution in [3.8, 4) is 5.75 Å². The Kier molecular flexibility index (Phi) is 5.10. The molecule has 1 fully saturated rings. The van der Waals surface area contributed by atoms with Gasteiger partial charge in [-0.2, -0.15) is 21.6 Å². The minimum Gasteiger partial charge on any atom is -0.422 e. The Morgan fingerprint density at radius 3 is 2.61 bits per heavy atom. The van der Waals surface area contributed by atoms with Crippen LogP contribution in [0.1, 0.15) is 23.7 Å². The third-order valence-electron chi connectivity index (χ3n) is 4.00. The minimum atomic E-state index is -5.89. The third kappa shape index (κ3) is 3.83. The summed E-state index contributed by atoms with van der Waals surface area (Å²) in [5, 5.41) is 3.22. The van der Waals surface area contributed by atoms with Crippen molar-refractivity contribution in [2.75, 3.05) is 18.5 Å². The van der Waals surface area contributed by atoms with Crippen molar-refractivity contribution in [3.05, 3.63) is 34.2 Å². The maximum Gasteiger partial charge on any atom is 0.534 e. The molecule has 1 aliphatic rings. The second-order valence-electron chi connectivity index (χ2n) is 6.04. The summed E-state index contributed by atoms with van der Waals surface area (Å²) >= 11 is 0. The molecule has 0 radical (unpaired) electrons. The Labute approximate surface area is 156 Å². The molecule has 1 saturated heterocycles. The summed E-state index contributed by atoms with van der Waals surface area (Å²) in [5.41, 5.74) is -6.99. The average molecular weight is 421 g/mol. The van der Waals surface area contributed by atoms with Crippen LogP contribution in [-0.4, -0.2) is 39.0 Å². The van der Waals surface area contributed by atoms with Gasteiger partial charge in [0.05, 0.1) is 18.3 Å². The predicted octanol–water partition coefficient (Wildman–Crippen LogP) is 2.42. The smallest absolute Gasteiger partial charge is 0.422 e. The van der Waals surface area contributed by atoms with E-state index in [1.807, 2.05) is 0 Å². The second-order valence-corrected chi connectivity index (χ2v) is 7.58. The first-order valence-electron chi connectivity index (χ1n) is 7.96. The number of fused-ring (bicyclic) bond motifs is 1. The highest BCUT2D eigenvalue weighted by Gasteiger charge is 2.48. The van der Waals surface area contributed by atoms with Crippen molar-refractivity contribution in [1.82, 2.24) is 0 Å². The summed E-state index contributed by atoms with van der Waals surface area (Å²) in [6.45, 7) is 1.99. The summed E-state index contributed by atoms with van der Waals surface area (Å²) in [6, 6.07) is 2.81. The molecule has 28 heavy (non-hydrogen) atoms. The van der Waals surface area contributed by atoms with E-state index in [2.05, 4.69) is 9.50 Å². The number of ether oxygens (including phenoxy) is 1. The van der Waals surface area contributed by atoms with Crippen molar-refractivity contribution < 1.29 is 39.7 Å². The van der Waals surface area contributed by atoms with Crippen molar-refractivity contribution in [1.29, 1.82) is 0 Å². The molecule has 0 aliphatic carbocycles. The van der Waals surface area contributed by atoms with Crippen molar-refractivity contribution in [2.45, 2.75) is 24.9 Å². The molecular weight excluding hydrogens is 407 g/mol. The number of carbonyl (C=O) groups is 1. The summed E-state index contributed by atoms with van der Waals surface area (Å²) in [7, 11) is -5.89. The van der Waals surface area contributed by atoms with Gasteiger partial charge in [-0.1, -0.05) is 0 Å². The largest absolute Gasteiger partial charge is 0.534 e. The number of Topliss-reactive ketones (excluding diaryl/α,β-unsaturated/α-hetero) is 1. The van der Waals surface area contributed by atoms with Gasteiger partial charge < -0.3 is 18.7 Å². The van der Waals surface area contributed by atoms with Gasteiger partial charge in [-0.3, -0.25) is 4.79 Å². The fourth-order valence-corrected chi connectivity index (χ4v) is 3.18. The zero-order valence-electron chi connectivity index (χ0n) is 14.3. The number of halogens is 3. The third-order valence-corrected chi connectivity index (χ3v) is 4.98. The molecule has 8 nitrogen and oxygen atoms in total. The molecule has 1 atom stereocenters. The summed E-state index contributed by atoms with van der Waals surface area (Å²) in [6.07, 6.45) is 0.615. The highest BCUT2D eigenvalue weighted by molar-refractivity contribution is 7.88. The number of hydrogen-bond acceptors (Lipinski definition) is 8. The lowest BCUT2D eigenvalue weighted by atomic mass is 10.1. The van der Waals surface area contributed by atoms with E-state index in [0.29, 0.717) is 19.6 Å². The number of rotatable bonds is 5. The number of hydrogen-bond donors (Lipinski definition) is 1. The zero-order chi connectivity index (χ0) is 20.7. The van der Waals surface area contributed by atoms with Crippen LogP contribution in [0.25, 0.3) is 11.0 Å². The molecular formula is C16H14F3NO7S. The molecule has 1 aromatic heterocycles. The molecule has 152 valence electrons. The van der Waals surface area contributed by atoms with E-state index in [0.717, 1.165) is 12.1 Å². The van der Waals surface area contributed by atoms with Gasteiger partial charge in [0.25, 0.3) is 0 Å². The van der Waals surface area contributed by atoms with Crippen LogP contribution in [0.3, 0.4) is 0 Å². The second kappa shape index (κ2) is 7.09. The molecule has 3 rings (SSSR count). The fourth-order valence-electron chi connectivity index (χ4n) is 2.73. The highest BCUT2D eigenvalue weighted by Crippen LogP contribution is 2.32. The molecule has 1 aromatic carbocycles. The van der Waals surface area contributed by atoms with Crippen LogP contribution in [0, 0.1) is 0 Å². The lowest BCUT2D eigenvalue weighted by molar-refractivity contribution is -0.0500. The first-order chi connectivity index (χ1) is 13.0. The quantitative estimate of drug-likeness (QED) is 0.339. The Balaban J connectivity index is 2.11. The molecule has 0 bridgehead atoms. The standard InChI is InChI=1S/C16H14F3NO7S/c1-8(21)13-14(20-9-4-5-25-7-9)11-3-2-10(6-12(11)26-15(13)22)27-28(23,24)16(17,18)19/h2-3,6,9,20H,4-5,7H2,1H3. The number of anilines is 1. The minimum absolute atomic E-state index is 0.138. The monoisotopic (exact) mass is 421 g/mol. The molecule has 0 saturated carbocycles. The van der Waals surface area contributed by atoms with Crippen LogP contribution < -0.4 is 15.1 Å². The predicted molar refractivity (Wildman–Crippen MR) is 90.9 cm³/mol. The summed E-state index contributed by atoms with van der Waals surface area (Å²) in [4.78, 5) is 24.1. The number of benzene rings is 1.